The average Bonchev–Trinajstić information content (AvgIpc) is 3.24. The number of hydrogen-bond donors (Lipinski definition) is 1. The summed E-state index contributed by atoms with van der Waals surface area (Å²) >= 11 is 0. The maximum Gasteiger partial charge on any atom is 0.237 e. The fourth-order valence-electron chi connectivity index (χ4n) is 3.41. The summed E-state index contributed by atoms with van der Waals surface area (Å²) in [5.41, 5.74) is 0. The molecule has 3 fully saturated rings. The lowest BCUT2D eigenvalue weighted by molar-refractivity contribution is -0.126. The zero-order valence-corrected chi connectivity index (χ0v) is 13.6. The van der Waals surface area contributed by atoms with Gasteiger partial charge in [-0.05, 0) is 38.1 Å². The number of carbonyl (C=O) groups is 2. The molecule has 0 atom stereocenters. The minimum absolute atomic E-state index is 0.0658. The van der Waals surface area contributed by atoms with Crippen molar-refractivity contribution in [1.29, 1.82) is 0 Å². The van der Waals surface area contributed by atoms with Gasteiger partial charge in [-0.15, -0.1) is 0 Å². The zero-order valence-electron chi connectivity index (χ0n) is 13.6. The Hall–Kier alpha value is -1.14. The number of nitrogens with zero attached hydrogens (tertiary/aromatic N) is 3. The summed E-state index contributed by atoms with van der Waals surface area (Å²) in [5, 5.41) is 3.14. The van der Waals surface area contributed by atoms with Gasteiger partial charge in [0, 0.05) is 25.7 Å². The van der Waals surface area contributed by atoms with Crippen LogP contribution in [0.2, 0.25) is 0 Å². The number of rotatable bonds is 6. The summed E-state index contributed by atoms with van der Waals surface area (Å²) in [6.45, 7) is 7.65. The van der Waals surface area contributed by atoms with E-state index in [1.165, 1.54) is 12.8 Å². The minimum atomic E-state index is 0.0658. The van der Waals surface area contributed by atoms with Crippen LogP contribution in [0.4, 0.5) is 0 Å². The van der Waals surface area contributed by atoms with Crippen molar-refractivity contribution in [2.75, 3.05) is 45.9 Å². The molecule has 0 unspecified atom stereocenters. The van der Waals surface area contributed by atoms with Crippen LogP contribution in [0.25, 0.3) is 0 Å². The van der Waals surface area contributed by atoms with Crippen LogP contribution in [-0.4, -0.2) is 78.5 Å². The van der Waals surface area contributed by atoms with E-state index < -0.39 is 0 Å². The van der Waals surface area contributed by atoms with Crippen LogP contribution in [0.1, 0.15) is 32.6 Å². The van der Waals surface area contributed by atoms with Crippen molar-refractivity contribution >= 4 is 11.8 Å². The van der Waals surface area contributed by atoms with Gasteiger partial charge in [0.1, 0.15) is 0 Å². The van der Waals surface area contributed by atoms with E-state index in [2.05, 4.69) is 17.1 Å². The van der Waals surface area contributed by atoms with E-state index in [0.717, 1.165) is 39.0 Å². The van der Waals surface area contributed by atoms with Gasteiger partial charge in [-0.2, -0.15) is 0 Å². The largest absolute Gasteiger partial charge is 0.352 e. The van der Waals surface area contributed by atoms with Crippen molar-refractivity contribution in [3.05, 3.63) is 0 Å². The highest BCUT2D eigenvalue weighted by molar-refractivity contribution is 5.83. The SMILES string of the molecule is CCN1CCC(NC(=O)CN2CC(=O)N(CC3CC3)C2)CC1. The lowest BCUT2D eigenvalue weighted by Gasteiger charge is -2.31. The van der Waals surface area contributed by atoms with E-state index in [1.807, 2.05) is 9.80 Å². The molecule has 0 bridgehead atoms. The summed E-state index contributed by atoms with van der Waals surface area (Å²) < 4.78 is 0. The van der Waals surface area contributed by atoms with Crippen LogP contribution in [0, 0.1) is 5.92 Å². The van der Waals surface area contributed by atoms with E-state index in [1.54, 1.807) is 0 Å². The zero-order chi connectivity index (χ0) is 15.5. The highest BCUT2D eigenvalue weighted by Crippen LogP contribution is 2.30. The fourth-order valence-corrected chi connectivity index (χ4v) is 3.41. The van der Waals surface area contributed by atoms with Crippen LogP contribution in [-0.2, 0) is 9.59 Å². The van der Waals surface area contributed by atoms with Crippen molar-refractivity contribution in [3.63, 3.8) is 0 Å². The van der Waals surface area contributed by atoms with E-state index in [-0.39, 0.29) is 11.8 Å². The van der Waals surface area contributed by atoms with Gasteiger partial charge in [0.05, 0.1) is 19.8 Å². The molecule has 1 N–H and O–H groups in total. The van der Waals surface area contributed by atoms with Crippen LogP contribution >= 0.6 is 0 Å². The molecule has 124 valence electrons. The maximum absolute atomic E-state index is 12.2. The van der Waals surface area contributed by atoms with Crippen molar-refractivity contribution in [2.24, 2.45) is 5.92 Å². The summed E-state index contributed by atoms with van der Waals surface area (Å²) in [4.78, 5) is 30.4. The molecule has 2 heterocycles. The molecule has 0 aromatic rings. The topological polar surface area (TPSA) is 55.9 Å². The smallest absolute Gasteiger partial charge is 0.237 e. The third-order valence-corrected chi connectivity index (χ3v) is 5.02. The lowest BCUT2D eigenvalue weighted by atomic mass is 10.1. The van der Waals surface area contributed by atoms with E-state index in [9.17, 15) is 9.59 Å². The monoisotopic (exact) mass is 308 g/mol. The highest BCUT2D eigenvalue weighted by atomic mass is 16.2. The minimum Gasteiger partial charge on any atom is -0.352 e. The Morgan fingerprint density at radius 1 is 1.18 bits per heavy atom. The van der Waals surface area contributed by atoms with E-state index in [4.69, 9.17) is 0 Å². The highest BCUT2D eigenvalue weighted by Gasteiger charge is 2.33. The van der Waals surface area contributed by atoms with Crippen molar-refractivity contribution in [3.8, 4) is 0 Å². The van der Waals surface area contributed by atoms with Gasteiger partial charge in [-0.1, -0.05) is 6.92 Å². The van der Waals surface area contributed by atoms with Gasteiger partial charge in [-0.3, -0.25) is 14.5 Å². The van der Waals surface area contributed by atoms with Gasteiger partial charge in [0.15, 0.2) is 0 Å². The predicted octanol–water partition coefficient (Wildman–Crippen LogP) is 0.0986. The van der Waals surface area contributed by atoms with Crippen LogP contribution in [0.3, 0.4) is 0 Å². The van der Waals surface area contributed by atoms with Gasteiger partial charge >= 0.3 is 0 Å². The second-order valence-corrected chi connectivity index (χ2v) is 6.96. The number of amides is 2. The second-order valence-electron chi connectivity index (χ2n) is 6.96. The normalized spacial score (nSPS) is 25.0. The van der Waals surface area contributed by atoms with Crippen molar-refractivity contribution < 1.29 is 9.59 Å². The van der Waals surface area contributed by atoms with Crippen molar-refractivity contribution in [1.82, 2.24) is 20.0 Å². The first-order chi connectivity index (χ1) is 10.6. The molecular formula is C16H28N4O2. The van der Waals surface area contributed by atoms with Crippen LogP contribution in [0.15, 0.2) is 0 Å². The summed E-state index contributed by atoms with van der Waals surface area (Å²) in [6, 6.07) is 0.302. The first-order valence-electron chi connectivity index (χ1n) is 8.66. The number of nitrogens with one attached hydrogen (secondary N) is 1. The molecule has 6 heteroatoms. The number of likely N-dealkylation sites (tertiary alicyclic amines) is 1. The Bertz CT molecular complexity index is 416. The average molecular weight is 308 g/mol. The Balaban J connectivity index is 1.38. The Kier molecular flexibility index (Phi) is 4.98. The first kappa shape index (κ1) is 15.7. The quantitative estimate of drug-likeness (QED) is 0.756. The van der Waals surface area contributed by atoms with Crippen molar-refractivity contribution in [2.45, 2.75) is 38.6 Å². The third kappa shape index (κ3) is 4.20. The number of hydrogen-bond acceptors (Lipinski definition) is 4. The summed E-state index contributed by atoms with van der Waals surface area (Å²) in [7, 11) is 0. The number of piperidine rings is 1. The maximum atomic E-state index is 12.2. The van der Waals surface area contributed by atoms with Gasteiger partial charge in [-0.25, -0.2) is 0 Å². The molecule has 1 aliphatic carbocycles. The van der Waals surface area contributed by atoms with Gasteiger partial charge in [0.25, 0.3) is 0 Å². The van der Waals surface area contributed by atoms with E-state index in [0.29, 0.717) is 31.7 Å². The summed E-state index contributed by atoms with van der Waals surface area (Å²) in [5.74, 6) is 0.952. The molecule has 1 saturated carbocycles. The van der Waals surface area contributed by atoms with Gasteiger partial charge < -0.3 is 15.1 Å². The molecule has 3 rings (SSSR count). The molecule has 3 aliphatic rings. The van der Waals surface area contributed by atoms with E-state index >= 15 is 0 Å². The molecule has 22 heavy (non-hydrogen) atoms. The molecule has 2 amide bonds. The molecule has 0 radical (unpaired) electrons. The summed E-state index contributed by atoms with van der Waals surface area (Å²) in [6.07, 6.45) is 4.57. The second kappa shape index (κ2) is 6.96. The molecule has 0 spiro atoms. The Morgan fingerprint density at radius 3 is 2.55 bits per heavy atom. The fraction of sp³-hybridized carbons (Fsp3) is 0.875. The third-order valence-electron chi connectivity index (χ3n) is 5.02. The first-order valence-corrected chi connectivity index (χ1v) is 8.66. The molecular weight excluding hydrogens is 280 g/mol. The molecule has 6 nitrogen and oxygen atoms in total. The molecule has 2 saturated heterocycles. The Labute approximate surface area is 132 Å². The molecule has 0 aromatic carbocycles. The standard InChI is InChI=1S/C16H28N4O2/c1-2-18-7-5-14(6-8-18)17-15(21)10-19-11-16(22)20(12-19)9-13-3-4-13/h13-14H,2-12H2,1H3,(H,17,21). The van der Waals surface area contributed by atoms with Gasteiger partial charge in [0.2, 0.25) is 11.8 Å². The Morgan fingerprint density at radius 2 is 1.91 bits per heavy atom. The van der Waals surface area contributed by atoms with Crippen LogP contribution < -0.4 is 5.32 Å². The predicted molar refractivity (Wildman–Crippen MR) is 84.2 cm³/mol. The molecule has 2 aliphatic heterocycles. The molecule has 0 aromatic heterocycles. The number of carbonyl (C=O) groups excluding carboxylic acids is 2. The lowest BCUT2D eigenvalue weighted by Crippen LogP contribution is -2.47. The van der Waals surface area contributed by atoms with Crippen LogP contribution in [0.5, 0.6) is 0 Å².